The van der Waals surface area contributed by atoms with E-state index in [1.807, 2.05) is 11.8 Å². The van der Waals surface area contributed by atoms with Gasteiger partial charge in [0.05, 0.1) is 11.7 Å². The molecule has 2 aliphatic carbocycles. The highest BCUT2D eigenvalue weighted by atomic mass is 32.2. The lowest BCUT2D eigenvalue weighted by Gasteiger charge is -2.57. The molecule has 4 rings (SSSR count). The SMILES string of the molecule is OC1(CNC2C3CCOC3C23CCCC3)CCSC1. The minimum absolute atomic E-state index is 0.420. The summed E-state index contributed by atoms with van der Waals surface area (Å²) < 4.78 is 6.01. The summed E-state index contributed by atoms with van der Waals surface area (Å²) >= 11 is 1.89. The van der Waals surface area contributed by atoms with Gasteiger partial charge in [-0.05, 0) is 31.4 Å². The maximum atomic E-state index is 10.5. The van der Waals surface area contributed by atoms with Crippen LogP contribution in [0.4, 0.5) is 0 Å². The van der Waals surface area contributed by atoms with Crippen molar-refractivity contribution in [3.8, 4) is 0 Å². The van der Waals surface area contributed by atoms with E-state index in [4.69, 9.17) is 4.74 Å². The lowest BCUT2D eigenvalue weighted by atomic mass is 9.54. The second kappa shape index (κ2) is 4.62. The number of thioether (sulfide) groups is 1. The van der Waals surface area contributed by atoms with Crippen molar-refractivity contribution in [2.75, 3.05) is 24.7 Å². The predicted octanol–water partition coefficient (Wildman–Crippen LogP) is 1.79. The molecule has 19 heavy (non-hydrogen) atoms. The Labute approximate surface area is 119 Å². The molecular weight excluding hydrogens is 258 g/mol. The van der Waals surface area contributed by atoms with Gasteiger partial charge in [-0.25, -0.2) is 0 Å². The van der Waals surface area contributed by atoms with Gasteiger partial charge in [0.25, 0.3) is 0 Å². The van der Waals surface area contributed by atoms with Crippen LogP contribution < -0.4 is 5.32 Å². The number of hydrogen-bond donors (Lipinski definition) is 2. The van der Waals surface area contributed by atoms with Gasteiger partial charge < -0.3 is 15.2 Å². The van der Waals surface area contributed by atoms with Crippen LogP contribution in [0.25, 0.3) is 0 Å². The fourth-order valence-electron chi connectivity index (χ4n) is 5.04. The first-order valence-electron chi connectivity index (χ1n) is 7.89. The molecule has 4 aliphatic rings. The van der Waals surface area contributed by atoms with Crippen LogP contribution in [0.1, 0.15) is 38.5 Å². The van der Waals surface area contributed by atoms with Crippen molar-refractivity contribution in [1.82, 2.24) is 5.32 Å². The van der Waals surface area contributed by atoms with E-state index >= 15 is 0 Å². The monoisotopic (exact) mass is 283 g/mol. The molecule has 4 fully saturated rings. The molecule has 2 N–H and O–H groups in total. The first kappa shape index (κ1) is 12.9. The van der Waals surface area contributed by atoms with Crippen LogP contribution in [0.15, 0.2) is 0 Å². The van der Waals surface area contributed by atoms with E-state index in [9.17, 15) is 5.11 Å². The Morgan fingerprint density at radius 1 is 1.26 bits per heavy atom. The average molecular weight is 283 g/mol. The van der Waals surface area contributed by atoms with Crippen LogP contribution in [-0.2, 0) is 4.74 Å². The maximum Gasteiger partial charge on any atom is 0.0869 e. The summed E-state index contributed by atoms with van der Waals surface area (Å²) in [6, 6.07) is 0.608. The zero-order valence-electron chi connectivity index (χ0n) is 11.6. The number of fused-ring (bicyclic) bond motifs is 2. The Kier molecular flexibility index (Phi) is 3.14. The van der Waals surface area contributed by atoms with E-state index in [-0.39, 0.29) is 0 Å². The molecule has 1 spiro atoms. The van der Waals surface area contributed by atoms with Gasteiger partial charge in [0.1, 0.15) is 0 Å². The number of aliphatic hydroxyl groups is 1. The summed E-state index contributed by atoms with van der Waals surface area (Å²) in [5, 5.41) is 14.3. The summed E-state index contributed by atoms with van der Waals surface area (Å²) in [4.78, 5) is 0. The van der Waals surface area contributed by atoms with Crippen molar-refractivity contribution < 1.29 is 9.84 Å². The topological polar surface area (TPSA) is 41.5 Å². The molecule has 2 saturated heterocycles. The zero-order chi connectivity index (χ0) is 12.9. The van der Waals surface area contributed by atoms with Crippen molar-refractivity contribution in [3.63, 3.8) is 0 Å². The molecule has 3 nitrogen and oxygen atoms in total. The quantitative estimate of drug-likeness (QED) is 0.828. The molecule has 108 valence electrons. The van der Waals surface area contributed by atoms with E-state index in [0.717, 1.165) is 37.0 Å². The summed E-state index contributed by atoms with van der Waals surface area (Å²) in [5.41, 5.74) is -0.0295. The average Bonchev–Trinajstić information content (AvgIpc) is 3.07. The summed E-state index contributed by atoms with van der Waals surface area (Å²) in [7, 11) is 0. The van der Waals surface area contributed by atoms with Gasteiger partial charge in [-0.3, -0.25) is 0 Å². The molecule has 2 aliphatic heterocycles. The molecular formula is C15H25NO2S. The van der Waals surface area contributed by atoms with Gasteiger partial charge in [0, 0.05) is 36.3 Å². The van der Waals surface area contributed by atoms with Gasteiger partial charge in [-0.15, -0.1) is 0 Å². The van der Waals surface area contributed by atoms with E-state index in [0.29, 0.717) is 17.6 Å². The minimum Gasteiger partial charge on any atom is -0.388 e. The molecule has 0 bridgehead atoms. The fraction of sp³-hybridized carbons (Fsp3) is 1.00. The zero-order valence-corrected chi connectivity index (χ0v) is 12.4. The van der Waals surface area contributed by atoms with Crippen molar-refractivity contribution in [2.24, 2.45) is 11.3 Å². The molecule has 2 heterocycles. The summed E-state index contributed by atoms with van der Waals surface area (Å²) in [6.07, 6.45) is 8.10. The second-order valence-corrected chi connectivity index (χ2v) is 8.17. The Bertz CT molecular complexity index is 350. The molecule has 4 heteroatoms. The Morgan fingerprint density at radius 3 is 2.84 bits per heavy atom. The first-order chi connectivity index (χ1) is 9.24. The van der Waals surface area contributed by atoms with Crippen molar-refractivity contribution in [3.05, 3.63) is 0 Å². The van der Waals surface area contributed by atoms with Crippen molar-refractivity contribution in [1.29, 1.82) is 0 Å². The summed E-state index contributed by atoms with van der Waals surface area (Å²) in [6.45, 7) is 1.74. The third-order valence-electron chi connectivity index (χ3n) is 6.02. The van der Waals surface area contributed by atoms with Crippen LogP contribution in [0, 0.1) is 11.3 Å². The number of rotatable bonds is 3. The Hall–Kier alpha value is 0.230. The molecule has 0 radical (unpaired) electrons. The van der Waals surface area contributed by atoms with Gasteiger partial charge in [-0.2, -0.15) is 11.8 Å². The fourth-order valence-corrected chi connectivity index (χ4v) is 6.34. The number of hydrogen-bond acceptors (Lipinski definition) is 4. The standard InChI is InChI=1S/C15H25NO2S/c17-14(6-8-19-10-14)9-16-12-11-3-7-18-13(11)15(12)4-1-2-5-15/h11-13,16-17H,1-10H2. The molecule has 4 atom stereocenters. The molecule has 2 saturated carbocycles. The molecule has 0 aromatic heterocycles. The van der Waals surface area contributed by atoms with Crippen LogP contribution in [0.5, 0.6) is 0 Å². The van der Waals surface area contributed by atoms with Crippen molar-refractivity contribution >= 4 is 11.8 Å². The first-order valence-corrected chi connectivity index (χ1v) is 9.04. The van der Waals surface area contributed by atoms with Gasteiger partial charge >= 0.3 is 0 Å². The third-order valence-corrected chi connectivity index (χ3v) is 7.25. The third kappa shape index (κ3) is 1.90. The van der Waals surface area contributed by atoms with Crippen LogP contribution >= 0.6 is 11.8 Å². The minimum atomic E-state index is -0.449. The van der Waals surface area contributed by atoms with E-state index in [1.54, 1.807) is 0 Å². The highest BCUT2D eigenvalue weighted by molar-refractivity contribution is 7.99. The highest BCUT2D eigenvalue weighted by Gasteiger charge is 2.64. The van der Waals surface area contributed by atoms with Crippen LogP contribution in [-0.4, -0.2) is 47.5 Å². The van der Waals surface area contributed by atoms with Crippen molar-refractivity contribution in [2.45, 2.75) is 56.3 Å². The Balaban J connectivity index is 1.44. The normalized spacial score (nSPS) is 47.5. The largest absolute Gasteiger partial charge is 0.388 e. The number of ether oxygens (including phenoxy) is 1. The molecule has 0 aromatic rings. The maximum absolute atomic E-state index is 10.5. The van der Waals surface area contributed by atoms with Gasteiger partial charge in [0.15, 0.2) is 0 Å². The number of nitrogens with one attached hydrogen (secondary N) is 1. The van der Waals surface area contributed by atoms with E-state index in [2.05, 4.69) is 5.32 Å². The van der Waals surface area contributed by atoms with Crippen LogP contribution in [0.2, 0.25) is 0 Å². The summed E-state index contributed by atoms with van der Waals surface area (Å²) in [5.74, 6) is 2.74. The predicted molar refractivity (Wildman–Crippen MR) is 77.4 cm³/mol. The van der Waals surface area contributed by atoms with E-state index < -0.39 is 5.60 Å². The van der Waals surface area contributed by atoms with Gasteiger partial charge in [-0.1, -0.05) is 12.8 Å². The van der Waals surface area contributed by atoms with E-state index in [1.165, 1.54) is 32.1 Å². The second-order valence-electron chi connectivity index (χ2n) is 7.07. The molecule has 0 amide bonds. The lowest BCUT2D eigenvalue weighted by molar-refractivity contribution is -0.134. The molecule has 4 unspecified atom stereocenters. The van der Waals surface area contributed by atoms with Crippen LogP contribution in [0.3, 0.4) is 0 Å². The lowest BCUT2D eigenvalue weighted by Crippen LogP contribution is -2.68. The van der Waals surface area contributed by atoms with Gasteiger partial charge in [0.2, 0.25) is 0 Å². The molecule has 0 aromatic carbocycles. The smallest absolute Gasteiger partial charge is 0.0869 e. The highest BCUT2D eigenvalue weighted by Crippen LogP contribution is 2.60. The Morgan fingerprint density at radius 2 is 2.11 bits per heavy atom.